The molecule has 66 valence electrons. The van der Waals surface area contributed by atoms with Gasteiger partial charge in [0.25, 0.3) is 0 Å². The number of alkyl halides is 1. The van der Waals surface area contributed by atoms with E-state index in [2.05, 4.69) is 9.97 Å². The van der Waals surface area contributed by atoms with Crippen molar-refractivity contribution < 1.29 is 0 Å². The molecule has 0 aromatic carbocycles. The molecule has 0 unspecified atom stereocenters. The fourth-order valence-corrected chi connectivity index (χ4v) is 1.87. The normalized spacial score (nSPS) is 10.2. The van der Waals surface area contributed by atoms with Crippen molar-refractivity contribution in [2.24, 2.45) is 0 Å². The summed E-state index contributed by atoms with van der Waals surface area (Å²) < 4.78 is 0. The molecule has 1 aromatic heterocycles. The Labute approximate surface area is 81.8 Å². The van der Waals surface area contributed by atoms with Gasteiger partial charge >= 0.3 is 0 Å². The molecular weight excluding hydrogens is 192 g/mol. The standard InChI is InChI=1S/C8H11ClN2S/c1-6-5-8(12-4-3-9)11-7(2)10-6/h5H,3-4H2,1-2H3. The smallest absolute Gasteiger partial charge is 0.126 e. The Morgan fingerprint density at radius 2 is 2.17 bits per heavy atom. The molecule has 0 saturated heterocycles. The summed E-state index contributed by atoms with van der Waals surface area (Å²) in [5.74, 6) is 2.39. The van der Waals surface area contributed by atoms with Crippen LogP contribution in [0.3, 0.4) is 0 Å². The van der Waals surface area contributed by atoms with Gasteiger partial charge in [0.1, 0.15) is 5.82 Å². The van der Waals surface area contributed by atoms with Gasteiger partial charge in [-0.1, -0.05) is 0 Å². The second-order valence-corrected chi connectivity index (χ2v) is 3.93. The third-order valence-corrected chi connectivity index (χ3v) is 2.60. The molecule has 2 nitrogen and oxygen atoms in total. The number of halogens is 1. The van der Waals surface area contributed by atoms with E-state index in [0.29, 0.717) is 5.88 Å². The molecule has 0 atom stereocenters. The first-order valence-corrected chi connectivity index (χ1v) is 5.25. The Balaban J connectivity index is 2.72. The third kappa shape index (κ3) is 2.99. The first-order valence-electron chi connectivity index (χ1n) is 3.73. The van der Waals surface area contributed by atoms with Crippen LogP contribution in [-0.2, 0) is 0 Å². The number of thioether (sulfide) groups is 1. The zero-order chi connectivity index (χ0) is 8.97. The van der Waals surface area contributed by atoms with Crippen LogP contribution in [0.25, 0.3) is 0 Å². The molecule has 0 aliphatic carbocycles. The monoisotopic (exact) mass is 202 g/mol. The van der Waals surface area contributed by atoms with Crippen molar-refractivity contribution in [2.45, 2.75) is 18.9 Å². The number of nitrogens with zero attached hydrogens (tertiary/aromatic N) is 2. The third-order valence-electron chi connectivity index (χ3n) is 1.27. The summed E-state index contributed by atoms with van der Waals surface area (Å²) in [5, 5.41) is 1.01. The van der Waals surface area contributed by atoms with Gasteiger partial charge in [0.15, 0.2) is 0 Å². The highest BCUT2D eigenvalue weighted by atomic mass is 35.5. The highest BCUT2D eigenvalue weighted by Gasteiger charge is 1.98. The van der Waals surface area contributed by atoms with E-state index in [1.165, 1.54) is 0 Å². The first kappa shape index (κ1) is 9.81. The van der Waals surface area contributed by atoms with Crippen LogP contribution in [0.2, 0.25) is 0 Å². The Morgan fingerprint density at radius 3 is 2.75 bits per heavy atom. The summed E-state index contributed by atoms with van der Waals surface area (Å²) in [6.07, 6.45) is 0. The van der Waals surface area contributed by atoms with Crippen LogP contribution in [0.5, 0.6) is 0 Å². The van der Waals surface area contributed by atoms with E-state index in [1.54, 1.807) is 11.8 Å². The number of hydrogen-bond acceptors (Lipinski definition) is 3. The molecule has 0 fully saturated rings. The largest absolute Gasteiger partial charge is 0.238 e. The zero-order valence-electron chi connectivity index (χ0n) is 7.17. The van der Waals surface area contributed by atoms with Crippen molar-refractivity contribution in [3.8, 4) is 0 Å². The molecule has 0 spiro atoms. The topological polar surface area (TPSA) is 25.8 Å². The minimum Gasteiger partial charge on any atom is -0.238 e. The highest BCUT2D eigenvalue weighted by molar-refractivity contribution is 7.99. The molecule has 0 aliphatic heterocycles. The zero-order valence-corrected chi connectivity index (χ0v) is 8.74. The molecule has 0 amide bonds. The lowest BCUT2D eigenvalue weighted by Gasteiger charge is -2.00. The van der Waals surface area contributed by atoms with Crippen LogP contribution >= 0.6 is 23.4 Å². The SMILES string of the molecule is Cc1cc(SCCCl)nc(C)n1. The average molecular weight is 203 g/mol. The lowest BCUT2D eigenvalue weighted by molar-refractivity contribution is 0.937. The lowest BCUT2D eigenvalue weighted by Crippen LogP contribution is -1.93. The maximum Gasteiger partial charge on any atom is 0.126 e. The van der Waals surface area contributed by atoms with Gasteiger partial charge in [-0.15, -0.1) is 23.4 Å². The Bertz CT molecular complexity index is 245. The number of hydrogen-bond donors (Lipinski definition) is 0. The van der Waals surface area contributed by atoms with Gasteiger partial charge in [-0.2, -0.15) is 0 Å². The molecule has 1 rings (SSSR count). The number of aromatic nitrogens is 2. The fourth-order valence-electron chi connectivity index (χ4n) is 0.900. The second kappa shape index (κ2) is 4.67. The van der Waals surface area contributed by atoms with Crippen molar-refractivity contribution in [2.75, 3.05) is 11.6 Å². The van der Waals surface area contributed by atoms with Crippen LogP contribution in [0.15, 0.2) is 11.1 Å². The van der Waals surface area contributed by atoms with Gasteiger partial charge in [-0.25, -0.2) is 9.97 Å². The van der Waals surface area contributed by atoms with Crippen LogP contribution in [0.1, 0.15) is 11.5 Å². The summed E-state index contributed by atoms with van der Waals surface area (Å²) in [6, 6.07) is 1.98. The van der Waals surface area contributed by atoms with E-state index in [-0.39, 0.29) is 0 Å². The molecular formula is C8H11ClN2S. The van der Waals surface area contributed by atoms with Crippen molar-refractivity contribution in [1.82, 2.24) is 9.97 Å². The Kier molecular flexibility index (Phi) is 3.82. The molecule has 0 N–H and O–H groups in total. The van der Waals surface area contributed by atoms with E-state index in [9.17, 15) is 0 Å². The molecule has 12 heavy (non-hydrogen) atoms. The van der Waals surface area contributed by atoms with Gasteiger partial charge in [-0.05, 0) is 19.9 Å². The van der Waals surface area contributed by atoms with Gasteiger partial charge in [0, 0.05) is 17.3 Å². The molecule has 0 radical (unpaired) electrons. The van der Waals surface area contributed by atoms with E-state index in [0.717, 1.165) is 22.3 Å². The number of rotatable bonds is 3. The van der Waals surface area contributed by atoms with Gasteiger partial charge in [0.05, 0.1) is 5.03 Å². The van der Waals surface area contributed by atoms with Gasteiger partial charge in [0.2, 0.25) is 0 Å². The highest BCUT2D eigenvalue weighted by Crippen LogP contribution is 2.15. The van der Waals surface area contributed by atoms with Gasteiger partial charge < -0.3 is 0 Å². The van der Waals surface area contributed by atoms with E-state index in [4.69, 9.17) is 11.6 Å². The van der Waals surface area contributed by atoms with Crippen molar-refractivity contribution in [3.05, 3.63) is 17.6 Å². The molecule has 0 aliphatic rings. The molecule has 1 aromatic rings. The first-order chi connectivity index (χ1) is 5.72. The van der Waals surface area contributed by atoms with Crippen molar-refractivity contribution in [3.63, 3.8) is 0 Å². The van der Waals surface area contributed by atoms with Crippen LogP contribution in [0, 0.1) is 13.8 Å². The van der Waals surface area contributed by atoms with Crippen molar-refractivity contribution in [1.29, 1.82) is 0 Å². The predicted molar refractivity (Wildman–Crippen MR) is 53.0 cm³/mol. The van der Waals surface area contributed by atoms with E-state index >= 15 is 0 Å². The number of aryl methyl sites for hydroxylation is 2. The van der Waals surface area contributed by atoms with Crippen LogP contribution in [0.4, 0.5) is 0 Å². The van der Waals surface area contributed by atoms with E-state index in [1.807, 2.05) is 19.9 Å². The van der Waals surface area contributed by atoms with Crippen LogP contribution in [-0.4, -0.2) is 21.6 Å². The minimum absolute atomic E-state index is 0.659. The lowest BCUT2D eigenvalue weighted by atomic mass is 10.4. The maximum atomic E-state index is 5.57. The van der Waals surface area contributed by atoms with E-state index < -0.39 is 0 Å². The molecule has 1 heterocycles. The molecule has 0 saturated carbocycles. The van der Waals surface area contributed by atoms with Crippen LogP contribution < -0.4 is 0 Å². The fraction of sp³-hybridized carbons (Fsp3) is 0.500. The Hall–Kier alpha value is -0.280. The summed E-state index contributed by atoms with van der Waals surface area (Å²) in [5.41, 5.74) is 1.01. The minimum atomic E-state index is 0.659. The quantitative estimate of drug-likeness (QED) is 0.428. The van der Waals surface area contributed by atoms with Crippen molar-refractivity contribution >= 4 is 23.4 Å². The maximum absolute atomic E-state index is 5.57. The molecule has 4 heteroatoms. The Morgan fingerprint density at radius 1 is 1.42 bits per heavy atom. The van der Waals surface area contributed by atoms with Gasteiger partial charge in [-0.3, -0.25) is 0 Å². The summed E-state index contributed by atoms with van der Waals surface area (Å²) in [7, 11) is 0. The average Bonchev–Trinajstić information content (AvgIpc) is 1.99. The second-order valence-electron chi connectivity index (χ2n) is 2.43. The predicted octanol–water partition coefficient (Wildman–Crippen LogP) is 2.42. The molecule has 0 bridgehead atoms. The summed E-state index contributed by atoms with van der Waals surface area (Å²) >= 11 is 7.23. The summed E-state index contributed by atoms with van der Waals surface area (Å²) in [6.45, 7) is 3.87. The summed E-state index contributed by atoms with van der Waals surface area (Å²) in [4.78, 5) is 8.45.